The van der Waals surface area contributed by atoms with Crippen LogP contribution in [0.5, 0.6) is 0 Å². The molecule has 82 valence electrons. The lowest BCUT2D eigenvalue weighted by molar-refractivity contribution is -0.148. The molecule has 0 heterocycles. The molecule has 0 radical (unpaired) electrons. The van der Waals surface area contributed by atoms with E-state index in [0.717, 1.165) is 10.0 Å². The third-order valence-electron chi connectivity index (χ3n) is 2.84. The van der Waals surface area contributed by atoms with Crippen LogP contribution in [0.25, 0.3) is 0 Å². The molecule has 15 heavy (non-hydrogen) atoms. The zero-order valence-electron chi connectivity index (χ0n) is 8.96. The highest BCUT2D eigenvalue weighted by atomic mass is 79.9. The van der Waals surface area contributed by atoms with Crippen LogP contribution in [0.1, 0.15) is 25.8 Å². The first-order chi connectivity index (χ1) is 6.99. The highest BCUT2D eigenvalue weighted by Crippen LogP contribution is 2.30. The van der Waals surface area contributed by atoms with Crippen molar-refractivity contribution in [1.29, 1.82) is 0 Å². The summed E-state index contributed by atoms with van der Waals surface area (Å²) < 4.78 is 0.978. The van der Waals surface area contributed by atoms with Crippen molar-refractivity contribution >= 4 is 21.9 Å². The van der Waals surface area contributed by atoms with E-state index in [2.05, 4.69) is 15.9 Å². The molecule has 0 aliphatic carbocycles. The molecule has 0 saturated carbocycles. The van der Waals surface area contributed by atoms with Crippen molar-refractivity contribution in [2.45, 2.75) is 26.7 Å². The van der Waals surface area contributed by atoms with Crippen molar-refractivity contribution < 1.29 is 9.90 Å². The summed E-state index contributed by atoms with van der Waals surface area (Å²) in [6.07, 6.45) is 1.18. The molecule has 3 heteroatoms. The van der Waals surface area contributed by atoms with Gasteiger partial charge in [0.25, 0.3) is 0 Å². The molecule has 0 saturated heterocycles. The van der Waals surface area contributed by atoms with Crippen LogP contribution in [0.2, 0.25) is 0 Å². The molecule has 2 nitrogen and oxygen atoms in total. The number of carboxylic acid groups (broad SMARTS) is 1. The number of carbonyl (C=O) groups is 1. The summed E-state index contributed by atoms with van der Waals surface area (Å²) in [5.41, 5.74) is 0.369. The second-order valence-electron chi connectivity index (χ2n) is 3.99. The number of rotatable bonds is 4. The molecule has 0 aromatic heterocycles. The van der Waals surface area contributed by atoms with E-state index in [1.165, 1.54) is 0 Å². The molecule has 0 aliphatic heterocycles. The fraction of sp³-hybridized carbons (Fsp3) is 0.417. The average molecular weight is 271 g/mol. The van der Waals surface area contributed by atoms with Crippen LogP contribution in [0.15, 0.2) is 28.7 Å². The Bertz CT molecular complexity index is 362. The molecule has 0 bridgehead atoms. The molecule has 0 spiro atoms. The van der Waals surface area contributed by atoms with Crippen LogP contribution in [0.4, 0.5) is 0 Å². The van der Waals surface area contributed by atoms with Crippen molar-refractivity contribution in [2.75, 3.05) is 0 Å². The van der Waals surface area contributed by atoms with Crippen LogP contribution >= 0.6 is 15.9 Å². The summed E-state index contributed by atoms with van der Waals surface area (Å²) >= 11 is 3.43. The van der Waals surface area contributed by atoms with E-state index in [-0.39, 0.29) is 0 Å². The molecule has 1 aromatic rings. The summed E-state index contributed by atoms with van der Waals surface area (Å²) in [4.78, 5) is 11.2. The Morgan fingerprint density at radius 1 is 1.47 bits per heavy atom. The molecule has 0 fully saturated rings. The van der Waals surface area contributed by atoms with Crippen molar-refractivity contribution in [1.82, 2.24) is 0 Å². The van der Waals surface area contributed by atoms with Crippen molar-refractivity contribution in [2.24, 2.45) is 5.41 Å². The van der Waals surface area contributed by atoms with Gasteiger partial charge in [-0.25, -0.2) is 0 Å². The predicted molar refractivity (Wildman–Crippen MR) is 63.9 cm³/mol. The van der Waals surface area contributed by atoms with E-state index < -0.39 is 11.4 Å². The van der Waals surface area contributed by atoms with Crippen LogP contribution in [0, 0.1) is 5.41 Å². The minimum absolute atomic E-state index is 0.556. The summed E-state index contributed by atoms with van der Waals surface area (Å²) in [6.45, 7) is 3.69. The third-order valence-corrected chi connectivity index (χ3v) is 3.61. The number of benzene rings is 1. The maximum absolute atomic E-state index is 11.2. The zero-order chi connectivity index (χ0) is 11.5. The molecular weight excluding hydrogens is 256 g/mol. The van der Waals surface area contributed by atoms with E-state index in [1.807, 2.05) is 31.2 Å². The Labute approximate surface area is 98.4 Å². The van der Waals surface area contributed by atoms with Gasteiger partial charge in [0.1, 0.15) is 0 Å². The fourth-order valence-electron chi connectivity index (χ4n) is 1.41. The van der Waals surface area contributed by atoms with Gasteiger partial charge in [-0.2, -0.15) is 0 Å². The smallest absolute Gasteiger partial charge is 0.309 e. The van der Waals surface area contributed by atoms with Gasteiger partial charge in [0, 0.05) is 4.47 Å². The summed E-state index contributed by atoms with van der Waals surface area (Å²) in [6, 6.07) is 7.75. The van der Waals surface area contributed by atoms with E-state index in [4.69, 9.17) is 5.11 Å². The molecule has 1 aromatic carbocycles. The van der Waals surface area contributed by atoms with Gasteiger partial charge in [-0.15, -0.1) is 0 Å². The minimum Gasteiger partial charge on any atom is -0.481 e. The third kappa shape index (κ3) is 2.81. The normalized spacial score (nSPS) is 14.6. The Morgan fingerprint density at radius 2 is 2.07 bits per heavy atom. The number of hydrogen-bond acceptors (Lipinski definition) is 1. The number of hydrogen-bond donors (Lipinski definition) is 1. The highest BCUT2D eigenvalue weighted by Gasteiger charge is 2.31. The van der Waals surface area contributed by atoms with E-state index >= 15 is 0 Å². The monoisotopic (exact) mass is 270 g/mol. The van der Waals surface area contributed by atoms with Gasteiger partial charge < -0.3 is 5.11 Å². The van der Waals surface area contributed by atoms with Gasteiger partial charge >= 0.3 is 5.97 Å². The lowest BCUT2D eigenvalue weighted by atomic mass is 9.81. The van der Waals surface area contributed by atoms with E-state index in [0.29, 0.717) is 12.8 Å². The minimum atomic E-state index is -0.735. The maximum Gasteiger partial charge on any atom is 0.309 e. The summed E-state index contributed by atoms with van der Waals surface area (Å²) in [5, 5.41) is 9.17. The largest absolute Gasteiger partial charge is 0.481 e. The van der Waals surface area contributed by atoms with Gasteiger partial charge in [-0.3, -0.25) is 4.79 Å². The lowest BCUT2D eigenvalue weighted by Crippen LogP contribution is -2.29. The van der Waals surface area contributed by atoms with E-state index in [9.17, 15) is 4.79 Å². The fourth-order valence-corrected chi connectivity index (χ4v) is 1.84. The van der Waals surface area contributed by atoms with Gasteiger partial charge in [-0.05, 0) is 31.4 Å². The van der Waals surface area contributed by atoms with Crippen LogP contribution in [0.3, 0.4) is 0 Å². The van der Waals surface area contributed by atoms with Gasteiger partial charge in [0.05, 0.1) is 5.41 Å². The molecule has 1 atom stereocenters. The molecule has 1 rings (SSSR count). The van der Waals surface area contributed by atoms with Crippen LogP contribution in [-0.2, 0) is 11.2 Å². The maximum atomic E-state index is 11.2. The number of carboxylic acids is 1. The van der Waals surface area contributed by atoms with Crippen molar-refractivity contribution in [3.8, 4) is 0 Å². The Kier molecular flexibility index (Phi) is 3.91. The Hall–Kier alpha value is -0.830. The average Bonchev–Trinajstić information content (AvgIpc) is 2.21. The van der Waals surface area contributed by atoms with Gasteiger partial charge in [0.15, 0.2) is 0 Å². The van der Waals surface area contributed by atoms with Gasteiger partial charge in [0.2, 0.25) is 0 Å². The second kappa shape index (κ2) is 4.79. The first-order valence-corrected chi connectivity index (χ1v) is 5.75. The van der Waals surface area contributed by atoms with Crippen molar-refractivity contribution in [3.05, 3.63) is 34.3 Å². The molecule has 1 unspecified atom stereocenters. The van der Waals surface area contributed by atoms with Crippen LogP contribution < -0.4 is 0 Å². The lowest BCUT2D eigenvalue weighted by Gasteiger charge is -2.23. The Morgan fingerprint density at radius 3 is 2.53 bits per heavy atom. The topological polar surface area (TPSA) is 37.3 Å². The SMILES string of the molecule is CCC(C)(Cc1ccccc1Br)C(=O)O. The highest BCUT2D eigenvalue weighted by molar-refractivity contribution is 9.10. The molecular formula is C12H15BrO2. The molecule has 0 amide bonds. The zero-order valence-corrected chi connectivity index (χ0v) is 10.5. The van der Waals surface area contributed by atoms with Gasteiger partial charge in [-0.1, -0.05) is 41.1 Å². The predicted octanol–water partition coefficient (Wildman–Crippen LogP) is 3.49. The summed E-state index contributed by atoms with van der Waals surface area (Å²) in [7, 11) is 0. The quantitative estimate of drug-likeness (QED) is 0.910. The molecule has 0 aliphatic rings. The standard InChI is InChI=1S/C12H15BrO2/c1-3-12(2,11(14)15)8-9-6-4-5-7-10(9)13/h4-7H,3,8H2,1-2H3,(H,14,15). The summed E-state index contributed by atoms with van der Waals surface area (Å²) in [5.74, 6) is -0.735. The Balaban J connectivity index is 2.94. The first kappa shape index (κ1) is 12.2. The van der Waals surface area contributed by atoms with Crippen molar-refractivity contribution in [3.63, 3.8) is 0 Å². The van der Waals surface area contributed by atoms with Crippen LogP contribution in [-0.4, -0.2) is 11.1 Å². The van der Waals surface area contributed by atoms with E-state index in [1.54, 1.807) is 6.92 Å². The number of aliphatic carboxylic acids is 1. The molecule has 1 N–H and O–H groups in total. The first-order valence-electron chi connectivity index (χ1n) is 4.96. The number of halogens is 1. The second-order valence-corrected chi connectivity index (χ2v) is 4.84.